The van der Waals surface area contributed by atoms with E-state index in [0.717, 1.165) is 56.0 Å². The minimum Gasteiger partial charge on any atom is -0.368 e. The number of hydrogen-bond acceptors (Lipinski definition) is 3. The van der Waals surface area contributed by atoms with Gasteiger partial charge >= 0.3 is 0 Å². The van der Waals surface area contributed by atoms with Crippen LogP contribution in [0.1, 0.15) is 18.5 Å². The van der Waals surface area contributed by atoms with Crippen molar-refractivity contribution in [1.29, 1.82) is 0 Å². The van der Waals surface area contributed by atoms with Gasteiger partial charge in [0.1, 0.15) is 6.54 Å². The molecular formula is C27H28N4O. The van der Waals surface area contributed by atoms with Crippen molar-refractivity contribution >= 4 is 17.2 Å². The average molecular weight is 425 g/mol. The molecule has 2 aliphatic rings. The second-order valence-electron chi connectivity index (χ2n) is 8.30. The lowest BCUT2D eigenvalue weighted by Gasteiger charge is -2.36. The zero-order valence-electron chi connectivity index (χ0n) is 18.2. The minimum atomic E-state index is 0.127. The topological polar surface area (TPSA) is 41.4 Å². The van der Waals surface area contributed by atoms with Crippen molar-refractivity contribution in [1.82, 2.24) is 14.7 Å². The summed E-state index contributed by atoms with van der Waals surface area (Å²) in [5.41, 5.74) is 5.49. The van der Waals surface area contributed by atoms with Gasteiger partial charge in [0.05, 0.1) is 11.4 Å². The Kier molecular flexibility index (Phi) is 5.88. The van der Waals surface area contributed by atoms with Gasteiger partial charge < -0.3 is 9.80 Å². The number of allylic oxidation sites excluding steroid dienone is 4. The number of hydrogen-bond donors (Lipinski definition) is 0. The van der Waals surface area contributed by atoms with Gasteiger partial charge in [0.15, 0.2) is 0 Å². The molecule has 0 N–H and O–H groups in total. The first kappa shape index (κ1) is 20.3. The number of carbonyl (C=O) groups excluding carboxylic acids is 1. The van der Waals surface area contributed by atoms with E-state index in [4.69, 9.17) is 5.10 Å². The zero-order chi connectivity index (χ0) is 21.8. The van der Waals surface area contributed by atoms with Crippen LogP contribution in [-0.2, 0) is 11.3 Å². The predicted molar refractivity (Wildman–Crippen MR) is 129 cm³/mol. The standard InChI is InChI=1S/C27H28N4O/c32-27(30-18-16-29(17-19-30)24-14-8-3-9-15-24)21-31-26(23-12-6-2-7-13-23)20-25(28-31)22-10-4-1-5-11-22/h1-4,6-10,12-15,20H,5,11,16-19,21H2. The Morgan fingerprint density at radius 2 is 1.62 bits per heavy atom. The molecule has 1 saturated heterocycles. The fourth-order valence-electron chi connectivity index (χ4n) is 4.43. The number of rotatable bonds is 5. The van der Waals surface area contributed by atoms with Gasteiger partial charge in [0.2, 0.25) is 5.91 Å². The smallest absolute Gasteiger partial charge is 0.244 e. The molecular weight excluding hydrogens is 396 g/mol. The molecule has 2 aromatic carbocycles. The van der Waals surface area contributed by atoms with E-state index in [1.54, 1.807) is 0 Å². The largest absolute Gasteiger partial charge is 0.368 e. The highest BCUT2D eigenvalue weighted by atomic mass is 16.2. The van der Waals surface area contributed by atoms with E-state index in [1.807, 2.05) is 33.8 Å². The molecule has 0 atom stereocenters. The molecule has 5 rings (SSSR count). The zero-order valence-corrected chi connectivity index (χ0v) is 18.2. The van der Waals surface area contributed by atoms with E-state index in [-0.39, 0.29) is 12.5 Å². The molecule has 1 aliphatic carbocycles. The lowest BCUT2D eigenvalue weighted by molar-refractivity contribution is -0.132. The summed E-state index contributed by atoms with van der Waals surface area (Å²) >= 11 is 0. The minimum absolute atomic E-state index is 0.127. The summed E-state index contributed by atoms with van der Waals surface area (Å²) < 4.78 is 1.88. The van der Waals surface area contributed by atoms with Crippen molar-refractivity contribution in [3.05, 3.63) is 90.7 Å². The van der Waals surface area contributed by atoms with E-state index < -0.39 is 0 Å². The molecule has 3 aromatic rings. The van der Waals surface area contributed by atoms with Crippen LogP contribution >= 0.6 is 0 Å². The molecule has 0 spiro atoms. The number of para-hydroxylation sites is 1. The third kappa shape index (κ3) is 4.37. The van der Waals surface area contributed by atoms with Gasteiger partial charge in [-0.3, -0.25) is 9.48 Å². The van der Waals surface area contributed by atoms with Gasteiger partial charge in [-0.2, -0.15) is 5.10 Å². The van der Waals surface area contributed by atoms with Crippen LogP contribution < -0.4 is 4.90 Å². The lowest BCUT2D eigenvalue weighted by Crippen LogP contribution is -2.49. The normalized spacial score (nSPS) is 16.2. The number of nitrogens with zero attached hydrogens (tertiary/aromatic N) is 4. The molecule has 2 heterocycles. The Morgan fingerprint density at radius 1 is 0.906 bits per heavy atom. The maximum Gasteiger partial charge on any atom is 0.244 e. The van der Waals surface area contributed by atoms with E-state index in [9.17, 15) is 4.79 Å². The Morgan fingerprint density at radius 3 is 2.31 bits per heavy atom. The molecule has 1 aliphatic heterocycles. The van der Waals surface area contributed by atoms with Crippen molar-refractivity contribution in [2.45, 2.75) is 19.4 Å². The van der Waals surface area contributed by atoms with Crippen LogP contribution in [0.5, 0.6) is 0 Å². The van der Waals surface area contributed by atoms with Crippen molar-refractivity contribution < 1.29 is 4.79 Å². The van der Waals surface area contributed by atoms with Crippen LogP contribution in [0.3, 0.4) is 0 Å². The maximum atomic E-state index is 13.2. The SMILES string of the molecule is O=C(Cn1nc(C2=CC=CCC2)cc1-c1ccccc1)N1CCN(c2ccccc2)CC1. The fourth-order valence-corrected chi connectivity index (χ4v) is 4.43. The van der Waals surface area contributed by atoms with Crippen molar-refractivity contribution in [2.24, 2.45) is 0 Å². The predicted octanol–water partition coefficient (Wildman–Crippen LogP) is 4.63. The highest BCUT2D eigenvalue weighted by Crippen LogP contribution is 2.28. The van der Waals surface area contributed by atoms with Crippen LogP contribution in [0.4, 0.5) is 5.69 Å². The third-order valence-corrected chi connectivity index (χ3v) is 6.23. The van der Waals surface area contributed by atoms with E-state index in [0.29, 0.717) is 0 Å². The summed E-state index contributed by atoms with van der Waals surface area (Å²) in [7, 11) is 0. The third-order valence-electron chi connectivity index (χ3n) is 6.23. The molecule has 0 bridgehead atoms. The number of anilines is 1. The van der Waals surface area contributed by atoms with Gasteiger partial charge in [-0.1, -0.05) is 66.8 Å². The van der Waals surface area contributed by atoms with Crippen molar-refractivity contribution in [3.63, 3.8) is 0 Å². The summed E-state index contributed by atoms with van der Waals surface area (Å²) in [6, 6.07) is 22.8. The lowest BCUT2D eigenvalue weighted by atomic mass is 10.0. The second-order valence-corrected chi connectivity index (χ2v) is 8.30. The Hall–Kier alpha value is -3.60. The molecule has 32 heavy (non-hydrogen) atoms. The van der Waals surface area contributed by atoms with Crippen LogP contribution in [0.15, 0.2) is 85.0 Å². The molecule has 162 valence electrons. The Bertz CT molecular complexity index is 1120. The van der Waals surface area contributed by atoms with Gasteiger partial charge in [0.25, 0.3) is 0 Å². The molecule has 5 heteroatoms. The maximum absolute atomic E-state index is 13.2. The van der Waals surface area contributed by atoms with Crippen LogP contribution in [0.25, 0.3) is 16.8 Å². The quantitative estimate of drug-likeness (QED) is 0.600. The summed E-state index contributed by atoms with van der Waals surface area (Å²) in [5, 5.41) is 4.86. The van der Waals surface area contributed by atoms with E-state index >= 15 is 0 Å². The molecule has 0 unspecified atom stereocenters. The molecule has 0 radical (unpaired) electrons. The number of amides is 1. The number of carbonyl (C=O) groups is 1. The van der Waals surface area contributed by atoms with Gasteiger partial charge in [-0.15, -0.1) is 0 Å². The van der Waals surface area contributed by atoms with Crippen molar-refractivity contribution in [2.75, 3.05) is 31.1 Å². The molecule has 1 fully saturated rings. The molecule has 0 saturated carbocycles. The van der Waals surface area contributed by atoms with Gasteiger partial charge in [0, 0.05) is 31.9 Å². The molecule has 1 amide bonds. The van der Waals surface area contributed by atoms with E-state index in [2.05, 4.69) is 65.6 Å². The first-order valence-electron chi connectivity index (χ1n) is 11.3. The monoisotopic (exact) mass is 424 g/mol. The Balaban J connectivity index is 1.33. The first-order chi connectivity index (χ1) is 15.8. The number of aromatic nitrogens is 2. The van der Waals surface area contributed by atoms with Crippen molar-refractivity contribution in [3.8, 4) is 11.3 Å². The van der Waals surface area contributed by atoms with E-state index in [1.165, 1.54) is 11.3 Å². The summed E-state index contributed by atoms with van der Waals surface area (Å²) in [6.07, 6.45) is 8.42. The molecule has 5 nitrogen and oxygen atoms in total. The molecule has 1 aromatic heterocycles. The first-order valence-corrected chi connectivity index (χ1v) is 11.3. The summed E-state index contributed by atoms with van der Waals surface area (Å²) in [5.74, 6) is 0.127. The fraction of sp³-hybridized carbons (Fsp3) is 0.259. The van der Waals surface area contributed by atoms with Crippen LogP contribution in [-0.4, -0.2) is 46.8 Å². The van der Waals surface area contributed by atoms with Gasteiger partial charge in [-0.25, -0.2) is 0 Å². The highest BCUT2D eigenvalue weighted by Gasteiger charge is 2.23. The summed E-state index contributed by atoms with van der Waals surface area (Å²) in [4.78, 5) is 17.5. The number of benzene rings is 2. The Labute approximate surface area is 189 Å². The van der Waals surface area contributed by atoms with Crippen LogP contribution in [0, 0.1) is 0 Å². The van der Waals surface area contributed by atoms with Gasteiger partial charge in [-0.05, 0) is 42.2 Å². The average Bonchev–Trinajstić information content (AvgIpc) is 3.29. The highest BCUT2D eigenvalue weighted by molar-refractivity contribution is 5.78. The summed E-state index contributed by atoms with van der Waals surface area (Å²) in [6.45, 7) is 3.44. The van der Waals surface area contributed by atoms with Crippen LogP contribution in [0.2, 0.25) is 0 Å². The second kappa shape index (κ2) is 9.27. The number of piperazine rings is 1.